The average molecular weight is 488 g/mol. The van der Waals surface area contributed by atoms with Crippen LogP contribution >= 0.6 is 0 Å². The summed E-state index contributed by atoms with van der Waals surface area (Å²) in [7, 11) is -3.39. The summed E-state index contributed by atoms with van der Waals surface area (Å²) in [5.41, 5.74) is 8.14. The number of hydrogen-bond donors (Lipinski definition) is 5. The molecule has 2 aromatic heterocycles. The summed E-state index contributed by atoms with van der Waals surface area (Å²) in [6.07, 6.45) is 4.58. The molecule has 0 saturated carbocycles. The fourth-order valence-corrected chi connectivity index (χ4v) is 5.45. The molecule has 0 amide bonds. The number of nitrogens with zero attached hydrogens (tertiary/aromatic N) is 2. The summed E-state index contributed by atoms with van der Waals surface area (Å²) in [6.45, 7) is 3.92. The van der Waals surface area contributed by atoms with Crippen molar-refractivity contribution in [3.05, 3.63) is 58.3 Å². The fourth-order valence-electron chi connectivity index (χ4n) is 4.10. The Morgan fingerprint density at radius 2 is 1.94 bits per heavy atom. The first-order chi connectivity index (χ1) is 16.4. The summed E-state index contributed by atoms with van der Waals surface area (Å²) in [6, 6.07) is 9.58. The van der Waals surface area contributed by atoms with Crippen LogP contribution in [0.2, 0.25) is 0 Å². The van der Waals surface area contributed by atoms with Gasteiger partial charge in [0.25, 0.3) is 0 Å². The first kappa shape index (κ1) is 24.6. The molecule has 0 radical (unpaired) electrons. The number of piperidine rings is 1. The van der Waals surface area contributed by atoms with Crippen molar-refractivity contribution in [3.63, 3.8) is 0 Å². The highest BCUT2D eigenvalue weighted by Gasteiger charge is 2.20. The number of benzene rings is 1. The predicted octanol–water partition coefficient (Wildman–Crippen LogP) is 0.366. The van der Waals surface area contributed by atoms with Crippen molar-refractivity contribution >= 4 is 21.1 Å². The molecule has 3 aromatic rings. The molecule has 0 bridgehead atoms. The molecule has 0 unspecified atom stereocenters. The van der Waals surface area contributed by atoms with E-state index < -0.39 is 15.7 Å². The van der Waals surface area contributed by atoms with Crippen molar-refractivity contribution in [2.45, 2.75) is 38.3 Å². The smallest absolute Gasteiger partial charge is 0.343 e. The monoisotopic (exact) mass is 487 g/mol. The summed E-state index contributed by atoms with van der Waals surface area (Å²) in [5, 5.41) is 7.31. The van der Waals surface area contributed by atoms with Gasteiger partial charge in [0.1, 0.15) is 5.65 Å². The second kappa shape index (κ2) is 11.2. The summed E-state index contributed by atoms with van der Waals surface area (Å²) in [5.74, 6) is -0.0191. The lowest BCUT2D eigenvalue weighted by molar-refractivity contribution is 0.427. The Morgan fingerprint density at radius 1 is 1.18 bits per heavy atom. The number of aromatic amines is 1. The maximum Gasteiger partial charge on any atom is 0.354 e. The molecular formula is C23H33N7O3S. The molecule has 11 heteroatoms. The first-order valence-electron chi connectivity index (χ1n) is 11.8. The molecule has 184 valence electrons. The maximum absolute atomic E-state index is 12.6. The molecular weight excluding hydrogens is 454 g/mol. The van der Waals surface area contributed by atoms with Gasteiger partial charge in [-0.05, 0) is 69.2 Å². The van der Waals surface area contributed by atoms with E-state index in [0.717, 1.165) is 67.8 Å². The van der Waals surface area contributed by atoms with Crippen LogP contribution in [0.5, 0.6) is 0 Å². The van der Waals surface area contributed by atoms with Crippen molar-refractivity contribution in [1.29, 1.82) is 0 Å². The van der Waals surface area contributed by atoms with Crippen LogP contribution in [-0.2, 0) is 23.0 Å². The van der Waals surface area contributed by atoms with Gasteiger partial charge < -0.3 is 21.4 Å². The quantitative estimate of drug-likeness (QED) is 0.246. The zero-order valence-electron chi connectivity index (χ0n) is 19.2. The lowest BCUT2D eigenvalue weighted by Gasteiger charge is -2.23. The SMILES string of the molecule is NCCCNCc1ccc(-n2cc3cc(CCS(=O)(=O)NC4CCNCC4)[nH]c3nc2=O)cc1. The van der Waals surface area contributed by atoms with E-state index in [1.165, 1.54) is 4.57 Å². The average Bonchev–Trinajstić information content (AvgIpc) is 3.23. The molecule has 10 nitrogen and oxygen atoms in total. The van der Waals surface area contributed by atoms with Gasteiger partial charge in [-0.15, -0.1) is 0 Å². The Kier molecular flexibility index (Phi) is 8.11. The molecule has 6 N–H and O–H groups in total. The number of hydrogen-bond acceptors (Lipinski definition) is 7. The van der Waals surface area contributed by atoms with Crippen molar-refractivity contribution in [2.75, 3.05) is 31.9 Å². The van der Waals surface area contributed by atoms with E-state index in [2.05, 4.69) is 25.3 Å². The van der Waals surface area contributed by atoms with Gasteiger partial charge in [0, 0.05) is 36.3 Å². The number of sulfonamides is 1. The Bertz CT molecular complexity index is 1250. The Hall–Kier alpha value is -2.57. The molecule has 4 rings (SSSR count). The largest absolute Gasteiger partial charge is 0.354 e. The summed E-state index contributed by atoms with van der Waals surface area (Å²) < 4.78 is 29.3. The van der Waals surface area contributed by atoms with Crippen LogP contribution in [-0.4, -0.2) is 60.9 Å². The number of rotatable bonds is 11. The second-order valence-electron chi connectivity index (χ2n) is 8.69. The minimum atomic E-state index is -3.39. The third-order valence-corrected chi connectivity index (χ3v) is 7.42. The van der Waals surface area contributed by atoms with E-state index in [4.69, 9.17) is 5.73 Å². The molecule has 1 saturated heterocycles. The predicted molar refractivity (Wildman–Crippen MR) is 134 cm³/mol. The molecule has 0 spiro atoms. The third kappa shape index (κ3) is 6.51. The number of aromatic nitrogens is 3. The normalized spacial score (nSPS) is 15.2. The van der Waals surface area contributed by atoms with Gasteiger partial charge in [-0.1, -0.05) is 12.1 Å². The lowest BCUT2D eigenvalue weighted by atomic mass is 10.1. The Balaban J connectivity index is 1.42. The van der Waals surface area contributed by atoms with Gasteiger partial charge in [-0.3, -0.25) is 4.57 Å². The van der Waals surface area contributed by atoms with Gasteiger partial charge in [-0.2, -0.15) is 4.98 Å². The topological polar surface area (TPSA) is 147 Å². The second-order valence-corrected chi connectivity index (χ2v) is 10.6. The van der Waals surface area contributed by atoms with Crippen LogP contribution in [0, 0.1) is 0 Å². The van der Waals surface area contributed by atoms with E-state index in [-0.39, 0.29) is 11.8 Å². The van der Waals surface area contributed by atoms with Gasteiger partial charge in [0.2, 0.25) is 10.0 Å². The standard InChI is InChI=1S/C23H33N7O3S/c24-9-1-10-26-15-17-2-4-21(5-3-17)30-16-18-14-20(27-22(18)28-23(30)31)8-13-34(32,33)29-19-6-11-25-12-7-19/h2-5,14,16,19,25-26,29H,1,6-13,15,24H2,(H,27,28,31). The Morgan fingerprint density at radius 3 is 2.68 bits per heavy atom. The van der Waals surface area contributed by atoms with Crippen molar-refractivity contribution in [1.82, 2.24) is 29.9 Å². The molecule has 1 aliphatic rings. The number of aryl methyl sites for hydroxylation is 1. The van der Waals surface area contributed by atoms with E-state index in [1.54, 1.807) is 6.20 Å². The molecule has 3 heterocycles. The van der Waals surface area contributed by atoms with Crippen LogP contribution in [0.15, 0.2) is 41.3 Å². The van der Waals surface area contributed by atoms with E-state index in [0.29, 0.717) is 18.6 Å². The van der Waals surface area contributed by atoms with Crippen LogP contribution in [0.3, 0.4) is 0 Å². The van der Waals surface area contributed by atoms with Crippen LogP contribution in [0.25, 0.3) is 16.7 Å². The minimum absolute atomic E-state index is 0.00859. The number of H-pyrrole nitrogens is 1. The zero-order valence-corrected chi connectivity index (χ0v) is 20.0. The highest BCUT2D eigenvalue weighted by Crippen LogP contribution is 2.15. The maximum atomic E-state index is 12.6. The van der Waals surface area contributed by atoms with Crippen molar-refractivity contribution < 1.29 is 8.42 Å². The van der Waals surface area contributed by atoms with E-state index in [1.807, 2.05) is 30.3 Å². The molecule has 1 aliphatic heterocycles. The number of nitrogens with one attached hydrogen (secondary N) is 4. The van der Waals surface area contributed by atoms with Crippen molar-refractivity contribution in [3.8, 4) is 5.69 Å². The van der Waals surface area contributed by atoms with Crippen LogP contribution in [0.4, 0.5) is 0 Å². The molecule has 34 heavy (non-hydrogen) atoms. The van der Waals surface area contributed by atoms with Gasteiger partial charge in [0.05, 0.1) is 11.4 Å². The minimum Gasteiger partial charge on any atom is -0.343 e. The first-order valence-corrected chi connectivity index (χ1v) is 13.4. The van der Waals surface area contributed by atoms with Crippen LogP contribution in [0.1, 0.15) is 30.5 Å². The zero-order chi connectivity index (χ0) is 24.0. The molecule has 1 fully saturated rings. The summed E-state index contributed by atoms with van der Waals surface area (Å²) >= 11 is 0. The highest BCUT2D eigenvalue weighted by molar-refractivity contribution is 7.89. The van der Waals surface area contributed by atoms with Crippen LogP contribution < -0.4 is 26.8 Å². The lowest BCUT2D eigenvalue weighted by Crippen LogP contribution is -2.43. The third-order valence-electron chi connectivity index (χ3n) is 5.99. The molecule has 1 aromatic carbocycles. The van der Waals surface area contributed by atoms with E-state index in [9.17, 15) is 13.2 Å². The number of fused-ring (bicyclic) bond motifs is 1. The van der Waals surface area contributed by atoms with Gasteiger partial charge >= 0.3 is 5.69 Å². The number of nitrogens with two attached hydrogens (primary N) is 1. The van der Waals surface area contributed by atoms with Gasteiger partial charge in [-0.25, -0.2) is 17.9 Å². The fraction of sp³-hybridized carbons (Fsp3) is 0.478. The van der Waals surface area contributed by atoms with Crippen molar-refractivity contribution in [2.24, 2.45) is 5.73 Å². The van der Waals surface area contributed by atoms with Gasteiger partial charge in [0.15, 0.2) is 0 Å². The summed E-state index contributed by atoms with van der Waals surface area (Å²) in [4.78, 5) is 19.9. The Labute approximate surface area is 199 Å². The highest BCUT2D eigenvalue weighted by atomic mass is 32.2. The van der Waals surface area contributed by atoms with E-state index >= 15 is 0 Å². The molecule has 0 aliphatic carbocycles. The molecule has 0 atom stereocenters.